The fourth-order valence-electron chi connectivity index (χ4n) is 3.24. The number of hydrogen-bond acceptors (Lipinski definition) is 5. The number of ketones is 1. The van der Waals surface area contributed by atoms with Crippen LogP contribution < -0.4 is 0 Å². The van der Waals surface area contributed by atoms with E-state index < -0.39 is 22.1 Å². The highest BCUT2D eigenvalue weighted by Gasteiger charge is 2.32. The molecule has 2 aromatic rings. The summed E-state index contributed by atoms with van der Waals surface area (Å²) in [5, 5.41) is 0.793. The molecular formula is C18H22N2O5S. The third kappa shape index (κ3) is 3.81. The molecule has 0 saturated carbocycles. The Kier molecular flexibility index (Phi) is 5.15. The lowest BCUT2D eigenvalue weighted by Gasteiger charge is -2.29. The van der Waals surface area contributed by atoms with E-state index in [2.05, 4.69) is 4.98 Å². The molecule has 0 aliphatic carbocycles. The van der Waals surface area contributed by atoms with Crippen LogP contribution in [0.3, 0.4) is 0 Å². The zero-order valence-corrected chi connectivity index (χ0v) is 15.6. The molecule has 1 aromatic heterocycles. The summed E-state index contributed by atoms with van der Waals surface area (Å²) in [6, 6.07) is 7.44. The zero-order chi connectivity index (χ0) is 18.9. The van der Waals surface area contributed by atoms with Crippen molar-refractivity contribution in [1.82, 2.24) is 9.29 Å². The lowest BCUT2D eigenvalue weighted by atomic mass is 9.98. The minimum atomic E-state index is -3.24. The number of Topliss-reactive ketones (excluding diaryl/α,β-unsaturated/α-hetero) is 1. The Morgan fingerprint density at radius 3 is 2.54 bits per heavy atom. The van der Waals surface area contributed by atoms with E-state index in [1.165, 1.54) is 4.31 Å². The lowest BCUT2D eigenvalue weighted by Crippen LogP contribution is -2.40. The van der Waals surface area contributed by atoms with Gasteiger partial charge in [-0.15, -0.1) is 0 Å². The minimum Gasteiger partial charge on any atom is -0.454 e. The summed E-state index contributed by atoms with van der Waals surface area (Å²) in [6.45, 7) is 2.15. The molecule has 26 heavy (non-hydrogen) atoms. The number of para-hydroxylation sites is 1. The number of carbonyl (C=O) groups excluding carboxylic acids is 2. The quantitative estimate of drug-likeness (QED) is 0.634. The molecule has 1 aliphatic heterocycles. The van der Waals surface area contributed by atoms with Gasteiger partial charge >= 0.3 is 5.97 Å². The summed E-state index contributed by atoms with van der Waals surface area (Å²) in [4.78, 5) is 28.0. The van der Waals surface area contributed by atoms with E-state index in [0.29, 0.717) is 31.5 Å². The number of carbonyl (C=O) groups is 2. The van der Waals surface area contributed by atoms with Crippen LogP contribution in [0.4, 0.5) is 0 Å². The molecule has 1 N–H and O–H groups in total. The number of sulfonamides is 1. The van der Waals surface area contributed by atoms with Crippen LogP contribution in [0.15, 0.2) is 30.5 Å². The van der Waals surface area contributed by atoms with E-state index in [9.17, 15) is 18.0 Å². The van der Waals surface area contributed by atoms with Gasteiger partial charge in [0.25, 0.3) is 0 Å². The van der Waals surface area contributed by atoms with Crippen LogP contribution in [0.2, 0.25) is 0 Å². The first-order valence-electron chi connectivity index (χ1n) is 8.53. The largest absolute Gasteiger partial charge is 0.454 e. The van der Waals surface area contributed by atoms with Gasteiger partial charge in [-0.1, -0.05) is 18.2 Å². The molecule has 3 rings (SSSR count). The number of H-pyrrole nitrogens is 1. The number of nitrogens with one attached hydrogen (secondary N) is 1. The van der Waals surface area contributed by atoms with Crippen molar-refractivity contribution in [3.8, 4) is 0 Å². The molecule has 1 atom stereocenters. The molecule has 0 spiro atoms. The maximum atomic E-state index is 12.6. The van der Waals surface area contributed by atoms with Crippen molar-refractivity contribution >= 4 is 32.7 Å². The second kappa shape index (κ2) is 7.20. The third-order valence-corrected chi connectivity index (χ3v) is 6.08. The van der Waals surface area contributed by atoms with Crippen LogP contribution >= 0.6 is 0 Å². The Morgan fingerprint density at radius 1 is 1.23 bits per heavy atom. The number of rotatable bonds is 5. The number of aromatic nitrogens is 1. The third-order valence-electron chi connectivity index (χ3n) is 4.77. The second-order valence-corrected chi connectivity index (χ2v) is 8.61. The predicted octanol–water partition coefficient (Wildman–Crippen LogP) is 1.95. The van der Waals surface area contributed by atoms with Gasteiger partial charge in [0.05, 0.1) is 12.2 Å². The molecule has 140 valence electrons. The van der Waals surface area contributed by atoms with E-state index in [4.69, 9.17) is 4.74 Å². The van der Waals surface area contributed by atoms with Crippen LogP contribution in [-0.4, -0.2) is 54.9 Å². The molecular weight excluding hydrogens is 356 g/mol. The summed E-state index contributed by atoms with van der Waals surface area (Å²) in [7, 11) is -3.24. The molecule has 0 bridgehead atoms. The van der Waals surface area contributed by atoms with Gasteiger partial charge in [0, 0.05) is 35.8 Å². The highest BCUT2D eigenvalue weighted by atomic mass is 32.2. The van der Waals surface area contributed by atoms with Gasteiger partial charge in [0.2, 0.25) is 15.8 Å². The van der Waals surface area contributed by atoms with Crippen LogP contribution in [0, 0.1) is 5.92 Å². The molecule has 2 heterocycles. The monoisotopic (exact) mass is 378 g/mol. The fourth-order valence-corrected chi connectivity index (χ4v) is 4.12. The van der Waals surface area contributed by atoms with Gasteiger partial charge in [-0.25, -0.2) is 12.7 Å². The Morgan fingerprint density at radius 2 is 1.88 bits per heavy atom. The highest BCUT2D eigenvalue weighted by Crippen LogP contribution is 2.23. The van der Waals surface area contributed by atoms with Gasteiger partial charge in [-0.3, -0.25) is 9.59 Å². The molecule has 0 amide bonds. The van der Waals surface area contributed by atoms with Gasteiger partial charge in [-0.05, 0) is 25.8 Å². The van der Waals surface area contributed by atoms with Crippen LogP contribution in [0.5, 0.6) is 0 Å². The van der Waals surface area contributed by atoms with Crippen molar-refractivity contribution in [2.45, 2.75) is 25.9 Å². The first-order chi connectivity index (χ1) is 12.3. The summed E-state index contributed by atoms with van der Waals surface area (Å²) in [5.41, 5.74) is 1.34. The molecule has 1 aliphatic rings. The molecule has 1 fully saturated rings. The molecule has 7 nitrogen and oxygen atoms in total. The van der Waals surface area contributed by atoms with Crippen molar-refractivity contribution < 1.29 is 22.7 Å². The number of fused-ring (bicyclic) bond motifs is 1. The number of ether oxygens (including phenoxy) is 1. The van der Waals surface area contributed by atoms with E-state index >= 15 is 0 Å². The summed E-state index contributed by atoms with van der Waals surface area (Å²) in [5.74, 6) is -1.09. The van der Waals surface area contributed by atoms with Crippen molar-refractivity contribution in [3.05, 3.63) is 36.0 Å². The maximum absolute atomic E-state index is 12.6. The van der Waals surface area contributed by atoms with Crippen molar-refractivity contribution in [3.63, 3.8) is 0 Å². The predicted molar refractivity (Wildman–Crippen MR) is 97.3 cm³/mol. The normalized spacial score (nSPS) is 17.9. The van der Waals surface area contributed by atoms with E-state index in [-0.39, 0.29) is 11.7 Å². The number of benzene rings is 1. The van der Waals surface area contributed by atoms with Crippen LogP contribution in [0.1, 0.15) is 30.1 Å². The highest BCUT2D eigenvalue weighted by molar-refractivity contribution is 7.88. The average molecular weight is 378 g/mol. The van der Waals surface area contributed by atoms with Gasteiger partial charge < -0.3 is 9.72 Å². The van der Waals surface area contributed by atoms with E-state index in [0.717, 1.165) is 17.2 Å². The van der Waals surface area contributed by atoms with E-state index in [1.54, 1.807) is 13.1 Å². The first-order valence-corrected chi connectivity index (χ1v) is 10.4. The smallest absolute Gasteiger partial charge is 0.309 e. The molecule has 0 unspecified atom stereocenters. The minimum absolute atomic E-state index is 0.260. The van der Waals surface area contributed by atoms with Crippen molar-refractivity contribution in [2.24, 2.45) is 5.92 Å². The molecule has 8 heteroatoms. The number of nitrogens with zero attached hydrogens (tertiary/aromatic N) is 1. The summed E-state index contributed by atoms with van der Waals surface area (Å²) < 4.78 is 29.8. The standard InChI is InChI=1S/C18H22N2O5S/c1-12(17(21)15-11-19-16-6-4-3-5-14(15)16)25-18(22)13-7-9-20(10-8-13)26(2,23)24/h3-6,11-13,19H,7-10H2,1-2H3/t12-/m1/s1. The average Bonchev–Trinajstić information content (AvgIpc) is 3.04. The fraction of sp³-hybridized carbons (Fsp3) is 0.444. The Hall–Kier alpha value is -2.19. The van der Waals surface area contributed by atoms with E-state index in [1.807, 2.05) is 24.3 Å². The first kappa shape index (κ1) is 18.6. The summed E-state index contributed by atoms with van der Waals surface area (Å²) >= 11 is 0. The molecule has 0 radical (unpaired) electrons. The maximum Gasteiger partial charge on any atom is 0.309 e. The molecule has 1 aromatic carbocycles. The molecule has 1 saturated heterocycles. The van der Waals surface area contributed by atoms with Crippen LogP contribution in [0.25, 0.3) is 10.9 Å². The van der Waals surface area contributed by atoms with Crippen molar-refractivity contribution in [1.29, 1.82) is 0 Å². The lowest BCUT2D eigenvalue weighted by molar-refractivity contribution is -0.152. The zero-order valence-electron chi connectivity index (χ0n) is 14.8. The second-order valence-electron chi connectivity index (χ2n) is 6.63. The van der Waals surface area contributed by atoms with Crippen molar-refractivity contribution in [2.75, 3.05) is 19.3 Å². The van der Waals surface area contributed by atoms with Gasteiger partial charge in [-0.2, -0.15) is 0 Å². The summed E-state index contributed by atoms with van der Waals surface area (Å²) in [6.07, 6.45) is 2.70. The Labute approximate surface area is 152 Å². The van der Waals surface area contributed by atoms with Crippen LogP contribution in [-0.2, 0) is 19.6 Å². The van der Waals surface area contributed by atoms with Gasteiger partial charge in [0.1, 0.15) is 0 Å². The SMILES string of the molecule is C[C@@H](OC(=O)C1CCN(S(C)(=O)=O)CC1)C(=O)c1c[nH]c2ccccc12. The number of piperidine rings is 1. The topological polar surface area (TPSA) is 96.5 Å². The van der Waals surface area contributed by atoms with Gasteiger partial charge in [0.15, 0.2) is 6.10 Å². The number of aromatic amines is 1. The Bertz CT molecular complexity index is 926. The number of hydrogen-bond donors (Lipinski definition) is 1. The Balaban J connectivity index is 1.62. The number of esters is 1.